The Bertz CT molecular complexity index is 905. The molecule has 0 fully saturated rings. The Labute approximate surface area is 163 Å². The molecule has 2 rings (SSSR count). The lowest BCUT2D eigenvalue weighted by Gasteiger charge is -2.07. The van der Waals surface area contributed by atoms with Gasteiger partial charge in [0.25, 0.3) is 0 Å². The van der Waals surface area contributed by atoms with Gasteiger partial charge in [-0.25, -0.2) is 0 Å². The molecule has 7 nitrogen and oxygen atoms in total. The van der Waals surface area contributed by atoms with E-state index in [0.717, 1.165) is 11.1 Å². The van der Waals surface area contributed by atoms with E-state index < -0.39 is 31.6 Å². The van der Waals surface area contributed by atoms with Crippen LogP contribution in [0.5, 0.6) is 0 Å². The Morgan fingerprint density at radius 2 is 1.11 bits per heavy atom. The average molecular weight is 435 g/mol. The van der Waals surface area contributed by atoms with Crippen molar-refractivity contribution in [3.8, 4) is 0 Å². The van der Waals surface area contributed by atoms with Crippen molar-refractivity contribution < 1.29 is 30.4 Å². The largest absolute Gasteiger partial charge is 0.480 e. The smallest absolute Gasteiger partial charge is 0.321 e. The lowest BCUT2D eigenvalue weighted by Crippen LogP contribution is -2.14. The zero-order valence-corrected chi connectivity index (χ0v) is 17.2. The van der Waals surface area contributed by atoms with Gasteiger partial charge in [-0.1, -0.05) is 35.4 Å². The van der Waals surface area contributed by atoms with Crippen LogP contribution < -0.4 is 0 Å². The van der Waals surface area contributed by atoms with Crippen molar-refractivity contribution in [1.82, 2.24) is 0 Å². The maximum absolute atomic E-state index is 12.0. The number of carboxylic acid groups (broad SMARTS) is 1. The summed E-state index contributed by atoms with van der Waals surface area (Å²) < 4.78 is 52.4. The molecule has 2 aromatic rings. The van der Waals surface area contributed by atoms with E-state index >= 15 is 0 Å². The second-order valence-corrected chi connectivity index (χ2v) is 9.51. The quantitative estimate of drug-likeness (QED) is 0.719. The standard InChI is InChI=1S/C14H14O5S2.C3H5ClO2/c1-11-3-7-13(8-4-11)20(15,16)19-21(17,18)14-9-5-12(2)6-10-14;1-2(4)3(5)6/h3-10H,1-2H3;2H,1H3,(H,5,6). The van der Waals surface area contributed by atoms with E-state index in [1.807, 2.05) is 0 Å². The molecule has 27 heavy (non-hydrogen) atoms. The van der Waals surface area contributed by atoms with Gasteiger partial charge in [0, 0.05) is 0 Å². The first-order valence-electron chi connectivity index (χ1n) is 7.56. The molecule has 10 heteroatoms. The van der Waals surface area contributed by atoms with E-state index in [2.05, 4.69) is 3.63 Å². The first kappa shape index (κ1) is 23.1. The Morgan fingerprint density at radius 1 is 0.852 bits per heavy atom. The number of carbonyl (C=O) groups is 1. The highest BCUT2D eigenvalue weighted by Gasteiger charge is 2.26. The summed E-state index contributed by atoms with van der Waals surface area (Å²) in [6, 6.07) is 11.5. The van der Waals surface area contributed by atoms with E-state index in [-0.39, 0.29) is 9.79 Å². The van der Waals surface area contributed by atoms with E-state index in [4.69, 9.17) is 16.7 Å². The molecule has 0 amide bonds. The summed E-state index contributed by atoms with van der Waals surface area (Å²) in [6.45, 7) is 4.99. The number of aryl methyl sites for hydroxylation is 2. The highest BCUT2D eigenvalue weighted by molar-refractivity contribution is 7.99. The van der Waals surface area contributed by atoms with Crippen LogP contribution in [0.2, 0.25) is 0 Å². The summed E-state index contributed by atoms with van der Waals surface area (Å²) in [6.07, 6.45) is 0. The summed E-state index contributed by atoms with van der Waals surface area (Å²) in [5, 5.41) is 7.10. The number of rotatable bonds is 5. The van der Waals surface area contributed by atoms with Crippen molar-refractivity contribution in [2.24, 2.45) is 0 Å². The van der Waals surface area contributed by atoms with E-state index in [1.165, 1.54) is 31.2 Å². The Morgan fingerprint density at radius 3 is 1.33 bits per heavy atom. The second kappa shape index (κ2) is 9.32. The maximum atomic E-state index is 12.0. The normalized spacial score (nSPS) is 12.6. The van der Waals surface area contributed by atoms with Gasteiger partial charge < -0.3 is 5.11 Å². The molecule has 0 aliphatic rings. The Balaban J connectivity index is 0.000000527. The van der Waals surface area contributed by atoms with Crippen LogP contribution in [0.4, 0.5) is 0 Å². The zero-order chi connectivity index (χ0) is 20.8. The van der Waals surface area contributed by atoms with E-state index in [9.17, 15) is 21.6 Å². The number of benzene rings is 2. The number of aliphatic carboxylic acids is 1. The van der Waals surface area contributed by atoms with Gasteiger partial charge in [-0.2, -0.15) is 16.8 Å². The summed E-state index contributed by atoms with van der Waals surface area (Å²) in [4.78, 5) is 9.16. The number of alkyl halides is 1. The Kier molecular flexibility index (Phi) is 7.97. The molecule has 1 atom stereocenters. The fourth-order valence-corrected chi connectivity index (χ4v) is 4.12. The van der Waals surface area contributed by atoms with Crippen molar-refractivity contribution in [3.63, 3.8) is 0 Å². The molecular formula is C17H19ClO7S2. The van der Waals surface area contributed by atoms with Crippen LogP contribution in [0.25, 0.3) is 0 Å². The van der Waals surface area contributed by atoms with Crippen LogP contribution in [-0.4, -0.2) is 33.3 Å². The zero-order valence-electron chi connectivity index (χ0n) is 14.8. The first-order valence-corrected chi connectivity index (χ1v) is 10.8. The average Bonchev–Trinajstić information content (AvgIpc) is 2.55. The van der Waals surface area contributed by atoms with Crippen LogP contribution >= 0.6 is 11.6 Å². The third-order valence-corrected chi connectivity index (χ3v) is 6.46. The molecule has 0 saturated heterocycles. The van der Waals surface area contributed by atoms with Crippen LogP contribution in [0.1, 0.15) is 18.1 Å². The molecule has 0 aromatic heterocycles. The third kappa shape index (κ3) is 7.30. The lowest BCUT2D eigenvalue weighted by molar-refractivity contribution is -0.136. The molecule has 0 saturated carbocycles. The maximum Gasteiger partial charge on any atom is 0.321 e. The predicted octanol–water partition coefficient (Wildman–Crippen LogP) is 3.10. The monoisotopic (exact) mass is 434 g/mol. The van der Waals surface area contributed by atoms with Crippen LogP contribution in [0, 0.1) is 13.8 Å². The number of carboxylic acids is 1. The molecule has 0 aliphatic carbocycles. The molecule has 0 spiro atoms. The summed E-state index contributed by atoms with van der Waals surface area (Å²) in [5.74, 6) is -0.975. The molecule has 0 heterocycles. The minimum absolute atomic E-state index is 0.205. The van der Waals surface area contributed by atoms with Crippen molar-refractivity contribution >= 4 is 37.8 Å². The van der Waals surface area contributed by atoms with Crippen molar-refractivity contribution in [1.29, 1.82) is 0 Å². The van der Waals surface area contributed by atoms with Crippen LogP contribution in [0.3, 0.4) is 0 Å². The fraction of sp³-hybridized carbons (Fsp3) is 0.235. The van der Waals surface area contributed by atoms with Crippen LogP contribution in [0.15, 0.2) is 58.3 Å². The highest BCUT2D eigenvalue weighted by atomic mass is 35.5. The van der Waals surface area contributed by atoms with Crippen molar-refractivity contribution in [3.05, 3.63) is 59.7 Å². The van der Waals surface area contributed by atoms with Gasteiger partial charge in [0.05, 0.1) is 9.79 Å². The highest BCUT2D eigenvalue weighted by Crippen LogP contribution is 2.20. The van der Waals surface area contributed by atoms with Crippen molar-refractivity contribution in [2.75, 3.05) is 0 Å². The fourth-order valence-electron chi connectivity index (χ4n) is 1.61. The van der Waals surface area contributed by atoms with E-state index in [0.29, 0.717) is 0 Å². The van der Waals surface area contributed by atoms with Gasteiger partial charge in [-0.15, -0.1) is 15.2 Å². The number of halogens is 1. The first-order chi connectivity index (χ1) is 12.3. The second-order valence-electron chi connectivity index (χ2n) is 5.56. The van der Waals surface area contributed by atoms with Gasteiger partial charge >= 0.3 is 26.2 Å². The minimum atomic E-state index is -4.38. The molecule has 2 aromatic carbocycles. The van der Waals surface area contributed by atoms with Gasteiger partial charge in [-0.05, 0) is 45.0 Å². The molecule has 1 N–H and O–H groups in total. The van der Waals surface area contributed by atoms with E-state index in [1.54, 1.807) is 38.1 Å². The van der Waals surface area contributed by atoms with Gasteiger partial charge in [-0.3, -0.25) is 4.79 Å². The lowest BCUT2D eigenvalue weighted by atomic mass is 10.2. The predicted molar refractivity (Wildman–Crippen MR) is 101 cm³/mol. The summed E-state index contributed by atoms with van der Waals surface area (Å²) in [7, 11) is -8.76. The van der Waals surface area contributed by atoms with Gasteiger partial charge in [0.2, 0.25) is 0 Å². The topological polar surface area (TPSA) is 115 Å². The van der Waals surface area contributed by atoms with Crippen molar-refractivity contribution in [2.45, 2.75) is 35.9 Å². The minimum Gasteiger partial charge on any atom is -0.480 e. The number of hydrogen-bond acceptors (Lipinski definition) is 6. The number of hydrogen-bond donors (Lipinski definition) is 1. The van der Waals surface area contributed by atoms with Gasteiger partial charge in [0.1, 0.15) is 5.38 Å². The SMILES string of the molecule is CC(Cl)C(=O)O.Cc1ccc(S(=O)(=O)OS(=O)(=O)c2ccc(C)cc2)cc1. The molecular weight excluding hydrogens is 416 g/mol. The molecule has 0 radical (unpaired) electrons. The summed E-state index contributed by atoms with van der Waals surface area (Å²) in [5.41, 5.74) is 1.71. The van der Waals surface area contributed by atoms with Gasteiger partial charge in [0.15, 0.2) is 0 Å². The summed E-state index contributed by atoms with van der Waals surface area (Å²) >= 11 is 5.01. The molecule has 1 unspecified atom stereocenters. The molecule has 0 aliphatic heterocycles. The Hall–Kier alpha value is -1.94. The molecule has 148 valence electrons. The third-order valence-electron chi connectivity index (χ3n) is 3.14. The van der Waals surface area contributed by atoms with Crippen LogP contribution in [-0.2, 0) is 28.7 Å². The molecule has 0 bridgehead atoms.